The van der Waals surface area contributed by atoms with E-state index in [1.54, 1.807) is 14.0 Å². The van der Waals surface area contributed by atoms with Gasteiger partial charge in [0.25, 0.3) is 0 Å². The van der Waals surface area contributed by atoms with Crippen molar-refractivity contribution in [2.24, 2.45) is 0 Å². The highest BCUT2D eigenvalue weighted by Crippen LogP contribution is 2.21. The highest BCUT2D eigenvalue weighted by molar-refractivity contribution is 5.96. The Morgan fingerprint density at radius 2 is 2.19 bits per heavy atom. The second-order valence-corrected chi connectivity index (χ2v) is 3.96. The lowest BCUT2D eigenvalue weighted by Gasteiger charge is -2.10. The van der Waals surface area contributed by atoms with Crippen molar-refractivity contribution in [2.75, 3.05) is 20.2 Å². The summed E-state index contributed by atoms with van der Waals surface area (Å²) in [6, 6.07) is 1.93. The molecule has 0 bridgehead atoms. The van der Waals surface area contributed by atoms with Crippen molar-refractivity contribution in [3.05, 3.63) is 22.9 Å². The molecule has 0 saturated heterocycles. The molecule has 4 heteroatoms. The summed E-state index contributed by atoms with van der Waals surface area (Å²) in [6.07, 6.45) is 1.82. The number of aromatic nitrogens is 1. The summed E-state index contributed by atoms with van der Waals surface area (Å²) in [5.41, 5.74) is 2.80. The number of ether oxygens (including phenoxy) is 1. The Hall–Kier alpha value is -1.42. The van der Waals surface area contributed by atoms with E-state index < -0.39 is 0 Å². The number of hydrogen-bond donors (Lipinski definition) is 1. The second kappa shape index (κ2) is 4.61. The molecule has 1 aliphatic rings. The molecule has 86 valence electrons. The Balaban J connectivity index is 2.48. The van der Waals surface area contributed by atoms with Crippen LogP contribution < -0.4 is 10.1 Å². The lowest BCUT2D eigenvalue weighted by atomic mass is 10.0. The van der Waals surface area contributed by atoms with Crippen molar-refractivity contribution in [1.82, 2.24) is 10.3 Å². The molecule has 0 radical (unpaired) electrons. The third kappa shape index (κ3) is 2.07. The summed E-state index contributed by atoms with van der Waals surface area (Å²) in [5.74, 6) is 0.456. The number of carbonyl (C=O) groups is 1. The Morgan fingerprint density at radius 1 is 1.44 bits per heavy atom. The molecule has 2 heterocycles. The maximum absolute atomic E-state index is 11.5. The number of rotatable bonds is 2. The van der Waals surface area contributed by atoms with Crippen LogP contribution in [0, 0.1) is 0 Å². The SMILES string of the molecule is COc1nc2c(cc1C(C)=O)CCNCC2. The van der Waals surface area contributed by atoms with Crippen LogP contribution in [0.1, 0.15) is 28.5 Å². The van der Waals surface area contributed by atoms with Crippen molar-refractivity contribution in [3.63, 3.8) is 0 Å². The summed E-state index contributed by atoms with van der Waals surface area (Å²) >= 11 is 0. The van der Waals surface area contributed by atoms with Crippen LogP contribution in [0.5, 0.6) is 5.88 Å². The van der Waals surface area contributed by atoms with E-state index in [2.05, 4.69) is 10.3 Å². The molecule has 0 aromatic carbocycles. The zero-order valence-electron chi connectivity index (χ0n) is 9.67. The number of hydrogen-bond acceptors (Lipinski definition) is 4. The first-order valence-corrected chi connectivity index (χ1v) is 5.51. The fraction of sp³-hybridized carbons (Fsp3) is 0.500. The van der Waals surface area contributed by atoms with E-state index in [1.807, 2.05) is 6.07 Å². The average Bonchev–Trinajstić information content (AvgIpc) is 2.51. The second-order valence-electron chi connectivity index (χ2n) is 3.96. The molecule has 1 N–H and O–H groups in total. The number of nitrogens with one attached hydrogen (secondary N) is 1. The fourth-order valence-electron chi connectivity index (χ4n) is 1.97. The first-order chi connectivity index (χ1) is 7.72. The van der Waals surface area contributed by atoms with Gasteiger partial charge in [0.2, 0.25) is 5.88 Å². The predicted octanol–water partition coefficient (Wildman–Crippen LogP) is 0.981. The maximum Gasteiger partial charge on any atom is 0.224 e. The summed E-state index contributed by atoms with van der Waals surface area (Å²) in [4.78, 5) is 15.9. The number of fused-ring (bicyclic) bond motifs is 1. The Bertz CT molecular complexity index is 416. The molecule has 2 rings (SSSR count). The van der Waals surface area contributed by atoms with Crippen LogP contribution in [-0.2, 0) is 12.8 Å². The Labute approximate surface area is 95.0 Å². The largest absolute Gasteiger partial charge is 0.480 e. The molecule has 1 aliphatic heterocycles. The van der Waals surface area contributed by atoms with E-state index in [9.17, 15) is 4.79 Å². The highest BCUT2D eigenvalue weighted by Gasteiger charge is 2.16. The molecule has 1 aromatic heterocycles. The van der Waals surface area contributed by atoms with Crippen LogP contribution in [0.2, 0.25) is 0 Å². The molecule has 1 aromatic rings. The van der Waals surface area contributed by atoms with Gasteiger partial charge in [-0.1, -0.05) is 0 Å². The maximum atomic E-state index is 11.5. The molecule has 0 saturated carbocycles. The molecule has 0 aliphatic carbocycles. The fourth-order valence-corrected chi connectivity index (χ4v) is 1.97. The van der Waals surface area contributed by atoms with Crippen molar-refractivity contribution < 1.29 is 9.53 Å². The topological polar surface area (TPSA) is 51.2 Å². The number of ketones is 1. The third-order valence-electron chi connectivity index (χ3n) is 2.84. The summed E-state index contributed by atoms with van der Waals surface area (Å²) < 4.78 is 5.16. The number of nitrogens with zero attached hydrogens (tertiary/aromatic N) is 1. The number of Topliss-reactive ketones (excluding diaryl/α,β-unsaturated/α-hetero) is 1. The first-order valence-electron chi connectivity index (χ1n) is 5.51. The van der Waals surface area contributed by atoms with Gasteiger partial charge in [0, 0.05) is 18.7 Å². The molecular weight excluding hydrogens is 204 g/mol. The van der Waals surface area contributed by atoms with E-state index in [1.165, 1.54) is 0 Å². The molecule has 4 nitrogen and oxygen atoms in total. The highest BCUT2D eigenvalue weighted by atomic mass is 16.5. The summed E-state index contributed by atoms with van der Waals surface area (Å²) in [7, 11) is 1.55. The van der Waals surface area contributed by atoms with Crippen LogP contribution in [0.4, 0.5) is 0 Å². The molecule has 0 atom stereocenters. The predicted molar refractivity (Wildman–Crippen MR) is 61.1 cm³/mol. The zero-order chi connectivity index (χ0) is 11.5. The number of pyridine rings is 1. The van der Waals surface area contributed by atoms with Gasteiger partial charge in [-0.05, 0) is 31.5 Å². The summed E-state index contributed by atoms with van der Waals surface area (Å²) in [6.45, 7) is 3.42. The average molecular weight is 220 g/mol. The molecular formula is C12H16N2O2. The molecule has 0 spiro atoms. The Kier molecular flexibility index (Phi) is 3.19. The molecule has 0 unspecified atom stereocenters. The van der Waals surface area contributed by atoms with Crippen molar-refractivity contribution in [2.45, 2.75) is 19.8 Å². The van der Waals surface area contributed by atoms with E-state index >= 15 is 0 Å². The van der Waals surface area contributed by atoms with Gasteiger partial charge in [-0.3, -0.25) is 4.79 Å². The van der Waals surface area contributed by atoms with Gasteiger partial charge in [0.15, 0.2) is 5.78 Å². The van der Waals surface area contributed by atoms with Crippen LogP contribution in [0.15, 0.2) is 6.07 Å². The molecule has 0 amide bonds. The number of carbonyl (C=O) groups excluding carboxylic acids is 1. The van der Waals surface area contributed by atoms with Crippen LogP contribution in [-0.4, -0.2) is 31.0 Å². The minimum absolute atomic E-state index is 0.00403. The van der Waals surface area contributed by atoms with Gasteiger partial charge in [0.1, 0.15) is 0 Å². The van der Waals surface area contributed by atoms with E-state index in [0.29, 0.717) is 11.4 Å². The zero-order valence-corrected chi connectivity index (χ0v) is 9.67. The van der Waals surface area contributed by atoms with Crippen LogP contribution in [0.25, 0.3) is 0 Å². The smallest absolute Gasteiger partial charge is 0.224 e. The molecule has 16 heavy (non-hydrogen) atoms. The lowest BCUT2D eigenvalue weighted by Crippen LogP contribution is -2.16. The van der Waals surface area contributed by atoms with Gasteiger partial charge in [-0.25, -0.2) is 4.98 Å². The normalized spacial score (nSPS) is 15.1. The minimum atomic E-state index is 0.00403. The van der Waals surface area contributed by atoms with Gasteiger partial charge in [0.05, 0.1) is 12.7 Å². The first kappa shape index (κ1) is 11.1. The van der Waals surface area contributed by atoms with E-state index in [-0.39, 0.29) is 5.78 Å². The third-order valence-corrected chi connectivity index (χ3v) is 2.84. The minimum Gasteiger partial charge on any atom is -0.480 e. The lowest BCUT2D eigenvalue weighted by molar-refractivity contribution is 0.101. The van der Waals surface area contributed by atoms with E-state index in [4.69, 9.17) is 4.74 Å². The standard InChI is InChI=1S/C12H16N2O2/c1-8(15)10-7-9-3-5-13-6-4-11(9)14-12(10)16-2/h7,13H,3-6H2,1-2H3. The number of methoxy groups -OCH3 is 1. The molecule has 0 fully saturated rings. The van der Waals surface area contributed by atoms with Crippen molar-refractivity contribution in [3.8, 4) is 5.88 Å². The van der Waals surface area contributed by atoms with Crippen LogP contribution in [0.3, 0.4) is 0 Å². The Morgan fingerprint density at radius 3 is 2.88 bits per heavy atom. The van der Waals surface area contributed by atoms with Gasteiger partial charge < -0.3 is 10.1 Å². The van der Waals surface area contributed by atoms with Gasteiger partial charge in [-0.2, -0.15) is 0 Å². The van der Waals surface area contributed by atoms with E-state index in [0.717, 1.165) is 37.2 Å². The van der Waals surface area contributed by atoms with Crippen LogP contribution >= 0.6 is 0 Å². The van der Waals surface area contributed by atoms with Crippen molar-refractivity contribution >= 4 is 5.78 Å². The monoisotopic (exact) mass is 220 g/mol. The quantitative estimate of drug-likeness (QED) is 0.755. The van der Waals surface area contributed by atoms with Gasteiger partial charge >= 0.3 is 0 Å². The van der Waals surface area contributed by atoms with Crippen molar-refractivity contribution in [1.29, 1.82) is 0 Å². The summed E-state index contributed by atoms with van der Waals surface area (Å²) in [5, 5.41) is 3.31. The van der Waals surface area contributed by atoms with Gasteiger partial charge in [-0.15, -0.1) is 0 Å².